The number of aliphatic carboxylic acids is 1. The van der Waals surface area contributed by atoms with E-state index in [9.17, 15) is 9.59 Å². The fourth-order valence-corrected chi connectivity index (χ4v) is 1.48. The van der Waals surface area contributed by atoms with Gasteiger partial charge in [-0.2, -0.15) is 0 Å². The van der Waals surface area contributed by atoms with Crippen molar-refractivity contribution in [3.63, 3.8) is 0 Å². The van der Waals surface area contributed by atoms with Crippen molar-refractivity contribution >= 4 is 29.7 Å². The summed E-state index contributed by atoms with van der Waals surface area (Å²) >= 11 is 0. The zero-order chi connectivity index (χ0) is 15.0. The molecular weight excluding hydrogens is 262 g/mol. The maximum Gasteiger partial charge on any atom is 0.311 e. The van der Waals surface area contributed by atoms with Gasteiger partial charge in [0, 0.05) is 6.54 Å². The van der Waals surface area contributed by atoms with Gasteiger partial charge < -0.3 is 21.5 Å². The predicted octanol–water partition coefficient (Wildman–Crippen LogP) is 0.632. The van der Waals surface area contributed by atoms with E-state index in [2.05, 4.69) is 20.6 Å². The highest BCUT2D eigenvalue weighted by Gasteiger charge is 2.13. The number of hydrogen-bond acceptors (Lipinski definition) is 6. The number of allylic oxidation sites excluding steroid dienone is 1. The molecule has 0 aliphatic heterocycles. The fraction of sp³-hybridized carbons (Fsp3) is 0.333. The highest BCUT2D eigenvalue weighted by atomic mass is 16.4. The molecule has 1 aromatic rings. The molecule has 108 valence electrons. The summed E-state index contributed by atoms with van der Waals surface area (Å²) < 4.78 is 0. The molecule has 20 heavy (non-hydrogen) atoms. The first-order chi connectivity index (χ1) is 9.58. The van der Waals surface area contributed by atoms with Crippen LogP contribution in [0.5, 0.6) is 0 Å². The molecule has 1 rings (SSSR count). The van der Waals surface area contributed by atoms with Crippen LogP contribution in [0.3, 0.4) is 0 Å². The molecule has 5 N–H and O–H groups in total. The number of carbonyl (C=O) groups is 2. The minimum atomic E-state index is -1.06. The second kappa shape index (κ2) is 7.72. The number of carboxylic acid groups (broad SMARTS) is 1. The van der Waals surface area contributed by atoms with Crippen LogP contribution in [0.25, 0.3) is 0 Å². The molecule has 0 radical (unpaired) electrons. The molecule has 8 nitrogen and oxygen atoms in total. The SMILES string of the molecule is CC/C=C/CNc1nc(CC(=O)O)nc(N)c1NC=O. The van der Waals surface area contributed by atoms with Crippen molar-refractivity contribution in [3.05, 3.63) is 18.0 Å². The van der Waals surface area contributed by atoms with E-state index in [-0.39, 0.29) is 23.8 Å². The standard InChI is InChI=1S/C12H17N5O3/c1-2-3-4-5-14-12-10(15-7-18)11(13)16-8(17-12)6-9(19)20/h3-4,7H,2,5-6H2,1H3,(H,15,18)(H,19,20)(H3,13,14,16,17)/b4-3+. The first kappa shape index (κ1) is 15.4. The normalized spacial score (nSPS) is 10.4. The van der Waals surface area contributed by atoms with E-state index in [0.29, 0.717) is 18.8 Å². The maximum atomic E-state index is 10.7. The van der Waals surface area contributed by atoms with Crippen LogP contribution in [-0.2, 0) is 16.0 Å². The summed E-state index contributed by atoms with van der Waals surface area (Å²) in [5.41, 5.74) is 5.93. The van der Waals surface area contributed by atoms with Crippen molar-refractivity contribution in [2.24, 2.45) is 0 Å². The van der Waals surface area contributed by atoms with Crippen LogP contribution < -0.4 is 16.4 Å². The van der Waals surface area contributed by atoms with E-state index in [4.69, 9.17) is 10.8 Å². The quantitative estimate of drug-likeness (QED) is 0.405. The Balaban J connectivity index is 3.00. The van der Waals surface area contributed by atoms with Gasteiger partial charge in [0.15, 0.2) is 11.6 Å². The van der Waals surface area contributed by atoms with Crippen LogP contribution in [-0.4, -0.2) is 34.0 Å². The zero-order valence-corrected chi connectivity index (χ0v) is 11.1. The van der Waals surface area contributed by atoms with E-state index in [1.165, 1.54) is 0 Å². The van der Waals surface area contributed by atoms with Gasteiger partial charge >= 0.3 is 5.97 Å². The third-order valence-electron chi connectivity index (χ3n) is 2.29. The summed E-state index contributed by atoms with van der Waals surface area (Å²) in [7, 11) is 0. The highest BCUT2D eigenvalue weighted by Crippen LogP contribution is 2.24. The molecule has 8 heteroatoms. The molecule has 0 aliphatic carbocycles. The molecule has 0 saturated heterocycles. The monoisotopic (exact) mass is 279 g/mol. The van der Waals surface area contributed by atoms with Gasteiger partial charge in [-0.25, -0.2) is 9.97 Å². The number of rotatable bonds is 8. The summed E-state index contributed by atoms with van der Waals surface area (Å²) in [6.07, 6.45) is 4.86. The van der Waals surface area contributed by atoms with Gasteiger partial charge in [0.05, 0.1) is 0 Å². The second-order valence-electron chi connectivity index (χ2n) is 3.84. The number of nitrogens with two attached hydrogens (primary N) is 1. The van der Waals surface area contributed by atoms with E-state index >= 15 is 0 Å². The van der Waals surface area contributed by atoms with Gasteiger partial charge in [0.1, 0.15) is 17.9 Å². The Kier molecular flexibility index (Phi) is 5.95. The number of aromatic nitrogens is 2. The Labute approximate surface area is 116 Å². The highest BCUT2D eigenvalue weighted by molar-refractivity contribution is 5.86. The van der Waals surface area contributed by atoms with E-state index in [1.807, 2.05) is 19.1 Å². The van der Waals surface area contributed by atoms with Crippen LogP contribution in [0.4, 0.5) is 17.3 Å². The Hall–Kier alpha value is -2.64. The lowest BCUT2D eigenvalue weighted by molar-refractivity contribution is -0.136. The molecule has 0 bridgehead atoms. The zero-order valence-electron chi connectivity index (χ0n) is 11.1. The van der Waals surface area contributed by atoms with Crippen molar-refractivity contribution in [1.29, 1.82) is 0 Å². The third-order valence-corrected chi connectivity index (χ3v) is 2.29. The number of amides is 1. The topological polar surface area (TPSA) is 130 Å². The summed E-state index contributed by atoms with van der Waals surface area (Å²) in [6, 6.07) is 0. The van der Waals surface area contributed by atoms with Crippen molar-refractivity contribution in [1.82, 2.24) is 9.97 Å². The lowest BCUT2D eigenvalue weighted by Gasteiger charge is -2.12. The second-order valence-corrected chi connectivity index (χ2v) is 3.84. The Morgan fingerprint density at radius 3 is 2.75 bits per heavy atom. The predicted molar refractivity (Wildman–Crippen MR) is 75.4 cm³/mol. The average molecular weight is 279 g/mol. The van der Waals surface area contributed by atoms with Crippen LogP contribution in [0.1, 0.15) is 19.2 Å². The molecule has 0 atom stereocenters. The van der Waals surface area contributed by atoms with Crippen LogP contribution in [0.15, 0.2) is 12.2 Å². The van der Waals surface area contributed by atoms with E-state index in [1.54, 1.807) is 0 Å². The molecule has 0 spiro atoms. The average Bonchev–Trinajstić information content (AvgIpc) is 2.37. The fourth-order valence-electron chi connectivity index (χ4n) is 1.48. The largest absolute Gasteiger partial charge is 0.481 e. The van der Waals surface area contributed by atoms with Crippen molar-refractivity contribution < 1.29 is 14.7 Å². The summed E-state index contributed by atoms with van der Waals surface area (Å²) in [6.45, 7) is 2.48. The number of nitrogen functional groups attached to an aromatic ring is 1. The molecule has 1 amide bonds. The maximum absolute atomic E-state index is 10.7. The van der Waals surface area contributed by atoms with Gasteiger partial charge in [-0.05, 0) is 6.42 Å². The molecule has 0 fully saturated rings. The third kappa shape index (κ3) is 4.56. The number of hydrogen-bond donors (Lipinski definition) is 4. The number of anilines is 3. The summed E-state index contributed by atoms with van der Waals surface area (Å²) in [5.74, 6) is -0.669. The van der Waals surface area contributed by atoms with Gasteiger partial charge in [0.25, 0.3) is 0 Å². The number of carboxylic acids is 1. The van der Waals surface area contributed by atoms with E-state index in [0.717, 1.165) is 6.42 Å². The minimum Gasteiger partial charge on any atom is -0.481 e. The Bertz CT molecular complexity index is 516. The first-order valence-corrected chi connectivity index (χ1v) is 6.05. The van der Waals surface area contributed by atoms with Gasteiger partial charge in [-0.3, -0.25) is 9.59 Å². The van der Waals surface area contributed by atoms with Crippen molar-refractivity contribution in [2.45, 2.75) is 19.8 Å². The molecule has 1 heterocycles. The van der Waals surface area contributed by atoms with Crippen LogP contribution in [0, 0.1) is 0 Å². The number of carbonyl (C=O) groups excluding carboxylic acids is 1. The van der Waals surface area contributed by atoms with Crippen molar-refractivity contribution in [3.8, 4) is 0 Å². The summed E-state index contributed by atoms with van der Waals surface area (Å²) in [5, 5.41) is 14.1. The minimum absolute atomic E-state index is 0.0188. The smallest absolute Gasteiger partial charge is 0.311 e. The van der Waals surface area contributed by atoms with Gasteiger partial charge in [0.2, 0.25) is 6.41 Å². The lowest BCUT2D eigenvalue weighted by Crippen LogP contribution is -2.14. The molecular formula is C12H17N5O3. The molecule has 0 aromatic carbocycles. The Morgan fingerprint density at radius 1 is 1.40 bits per heavy atom. The Morgan fingerprint density at radius 2 is 2.15 bits per heavy atom. The van der Waals surface area contributed by atoms with Gasteiger partial charge in [-0.1, -0.05) is 19.1 Å². The molecule has 0 aliphatic rings. The molecule has 0 saturated carbocycles. The van der Waals surface area contributed by atoms with Crippen LogP contribution >= 0.6 is 0 Å². The van der Waals surface area contributed by atoms with Crippen molar-refractivity contribution in [2.75, 3.05) is 22.9 Å². The number of nitrogens with zero attached hydrogens (tertiary/aromatic N) is 2. The molecule has 0 unspecified atom stereocenters. The van der Waals surface area contributed by atoms with E-state index < -0.39 is 5.97 Å². The summed E-state index contributed by atoms with van der Waals surface area (Å²) in [4.78, 5) is 29.1. The number of nitrogens with one attached hydrogen (secondary N) is 2. The first-order valence-electron chi connectivity index (χ1n) is 6.05. The lowest BCUT2D eigenvalue weighted by atomic mass is 10.3. The van der Waals surface area contributed by atoms with Crippen LogP contribution in [0.2, 0.25) is 0 Å². The molecule has 1 aromatic heterocycles. The van der Waals surface area contributed by atoms with Gasteiger partial charge in [-0.15, -0.1) is 0 Å².